The Labute approximate surface area is 150 Å². The fourth-order valence-corrected chi connectivity index (χ4v) is 2.16. The minimum atomic E-state index is -0.639. The van der Waals surface area contributed by atoms with Gasteiger partial charge in [0.1, 0.15) is 5.75 Å². The van der Waals surface area contributed by atoms with Gasteiger partial charge in [-0.05, 0) is 48.9 Å². The number of hydrogen-bond donors (Lipinski definition) is 1. The monoisotopic (exact) mass is 389 g/mol. The van der Waals surface area contributed by atoms with Crippen LogP contribution in [0.25, 0.3) is 0 Å². The van der Waals surface area contributed by atoms with E-state index < -0.39 is 6.10 Å². The first-order valence-electron chi connectivity index (χ1n) is 7.48. The topological polar surface area (TPSA) is 53.9 Å². The van der Waals surface area contributed by atoms with Gasteiger partial charge < -0.3 is 9.64 Å². The molecule has 0 aliphatic carbocycles. The zero-order valence-corrected chi connectivity index (χ0v) is 15.4. The second kappa shape index (κ2) is 8.49. The van der Waals surface area contributed by atoms with Crippen molar-refractivity contribution in [2.75, 3.05) is 19.0 Å². The average Bonchev–Trinajstić information content (AvgIpc) is 2.57. The van der Waals surface area contributed by atoms with Gasteiger partial charge >= 0.3 is 0 Å². The van der Waals surface area contributed by atoms with E-state index in [-0.39, 0.29) is 5.91 Å². The molecule has 1 atom stereocenters. The van der Waals surface area contributed by atoms with Crippen molar-refractivity contribution in [1.29, 1.82) is 0 Å². The van der Waals surface area contributed by atoms with Crippen LogP contribution in [0, 0.1) is 0 Å². The third-order valence-electron chi connectivity index (χ3n) is 3.29. The highest BCUT2D eigenvalue weighted by Crippen LogP contribution is 2.17. The second-order valence-corrected chi connectivity index (χ2v) is 6.35. The van der Waals surface area contributed by atoms with Gasteiger partial charge in [0, 0.05) is 24.3 Å². The van der Waals surface area contributed by atoms with Crippen molar-refractivity contribution < 1.29 is 9.53 Å². The first kappa shape index (κ1) is 18.0. The number of ether oxygens (including phenoxy) is 1. The van der Waals surface area contributed by atoms with Crippen molar-refractivity contribution in [3.8, 4) is 5.75 Å². The summed E-state index contributed by atoms with van der Waals surface area (Å²) in [6.45, 7) is 1.68. The van der Waals surface area contributed by atoms with Crippen molar-refractivity contribution in [2.24, 2.45) is 5.10 Å². The van der Waals surface area contributed by atoms with Crippen LogP contribution in [-0.2, 0) is 4.79 Å². The summed E-state index contributed by atoms with van der Waals surface area (Å²) in [6, 6.07) is 15.2. The third-order valence-corrected chi connectivity index (χ3v) is 3.82. The van der Waals surface area contributed by atoms with Gasteiger partial charge in [-0.15, -0.1) is 0 Å². The molecular weight excluding hydrogens is 370 g/mol. The van der Waals surface area contributed by atoms with Crippen LogP contribution in [0.1, 0.15) is 12.5 Å². The summed E-state index contributed by atoms with van der Waals surface area (Å²) in [6.07, 6.45) is 0.961. The summed E-state index contributed by atoms with van der Waals surface area (Å²) in [5.74, 6) is 0.322. The van der Waals surface area contributed by atoms with Crippen LogP contribution in [0.15, 0.2) is 58.1 Å². The standard InChI is InChI=1S/C18H20BrN3O2/c1-13(24-17-10-6-15(19)7-11-17)18(23)21-20-12-14-4-8-16(9-5-14)22(2)3/h4-13H,1-3H3,(H,21,23)/b20-12+. The number of halogens is 1. The van der Waals surface area contributed by atoms with E-state index in [2.05, 4.69) is 26.5 Å². The predicted molar refractivity (Wildman–Crippen MR) is 101 cm³/mol. The van der Waals surface area contributed by atoms with Crippen LogP contribution in [0.4, 0.5) is 5.69 Å². The molecule has 126 valence electrons. The molecule has 0 spiro atoms. The number of anilines is 1. The lowest BCUT2D eigenvalue weighted by Gasteiger charge is -2.13. The van der Waals surface area contributed by atoms with Gasteiger partial charge in [-0.3, -0.25) is 4.79 Å². The lowest BCUT2D eigenvalue weighted by atomic mass is 10.2. The molecular formula is C18H20BrN3O2. The van der Waals surface area contributed by atoms with Crippen LogP contribution in [-0.4, -0.2) is 32.3 Å². The Morgan fingerprint density at radius 3 is 2.38 bits per heavy atom. The highest BCUT2D eigenvalue weighted by Gasteiger charge is 2.13. The smallest absolute Gasteiger partial charge is 0.280 e. The number of amides is 1. The van der Waals surface area contributed by atoms with Crippen molar-refractivity contribution in [3.63, 3.8) is 0 Å². The van der Waals surface area contributed by atoms with E-state index in [9.17, 15) is 4.79 Å². The summed E-state index contributed by atoms with van der Waals surface area (Å²) in [5.41, 5.74) is 4.50. The minimum Gasteiger partial charge on any atom is -0.481 e. The van der Waals surface area contributed by atoms with E-state index in [1.165, 1.54) is 0 Å². The normalized spacial score (nSPS) is 12.0. The molecule has 2 rings (SSSR count). The van der Waals surface area contributed by atoms with E-state index in [1.54, 1.807) is 25.3 Å². The molecule has 6 heteroatoms. The zero-order valence-electron chi connectivity index (χ0n) is 13.9. The predicted octanol–water partition coefficient (Wildman–Crippen LogP) is 3.43. The number of benzene rings is 2. The molecule has 0 saturated heterocycles. The van der Waals surface area contributed by atoms with Crippen LogP contribution >= 0.6 is 15.9 Å². The summed E-state index contributed by atoms with van der Waals surface area (Å²) in [7, 11) is 3.96. The first-order chi connectivity index (χ1) is 11.5. The van der Waals surface area contributed by atoms with Crippen molar-refractivity contribution in [3.05, 3.63) is 58.6 Å². The van der Waals surface area contributed by atoms with E-state index in [0.717, 1.165) is 15.7 Å². The average molecular weight is 390 g/mol. The number of nitrogens with zero attached hydrogens (tertiary/aromatic N) is 2. The van der Waals surface area contributed by atoms with Crippen LogP contribution in [0.5, 0.6) is 5.75 Å². The van der Waals surface area contributed by atoms with Crippen LogP contribution in [0.3, 0.4) is 0 Å². The highest BCUT2D eigenvalue weighted by atomic mass is 79.9. The molecule has 0 radical (unpaired) electrons. The van der Waals surface area contributed by atoms with Gasteiger partial charge in [-0.1, -0.05) is 28.1 Å². The Morgan fingerprint density at radius 2 is 1.79 bits per heavy atom. The van der Waals surface area contributed by atoms with Crippen LogP contribution < -0.4 is 15.1 Å². The van der Waals surface area contributed by atoms with Gasteiger partial charge in [0.05, 0.1) is 6.21 Å². The summed E-state index contributed by atoms with van der Waals surface area (Å²) < 4.78 is 6.52. The first-order valence-corrected chi connectivity index (χ1v) is 8.27. The Bertz CT molecular complexity index is 697. The summed E-state index contributed by atoms with van der Waals surface area (Å²) >= 11 is 3.35. The Hall–Kier alpha value is -2.34. The van der Waals surface area contributed by atoms with Gasteiger partial charge in [-0.25, -0.2) is 5.43 Å². The molecule has 0 aliphatic heterocycles. The molecule has 0 bridgehead atoms. The van der Waals surface area contributed by atoms with Crippen molar-refractivity contribution in [1.82, 2.24) is 5.43 Å². The molecule has 24 heavy (non-hydrogen) atoms. The molecule has 0 heterocycles. The van der Waals surface area contributed by atoms with Gasteiger partial charge in [-0.2, -0.15) is 5.10 Å². The Balaban J connectivity index is 1.86. The molecule has 5 nitrogen and oxygen atoms in total. The molecule has 0 fully saturated rings. The molecule has 2 aromatic carbocycles. The largest absolute Gasteiger partial charge is 0.481 e. The van der Waals surface area contributed by atoms with Gasteiger partial charge in [0.2, 0.25) is 0 Å². The highest BCUT2D eigenvalue weighted by molar-refractivity contribution is 9.10. The number of hydrogen-bond acceptors (Lipinski definition) is 4. The summed E-state index contributed by atoms with van der Waals surface area (Å²) in [5, 5.41) is 3.97. The Morgan fingerprint density at radius 1 is 1.17 bits per heavy atom. The zero-order chi connectivity index (χ0) is 17.5. The second-order valence-electron chi connectivity index (χ2n) is 5.43. The van der Waals surface area contributed by atoms with E-state index in [4.69, 9.17) is 4.74 Å². The summed E-state index contributed by atoms with van der Waals surface area (Å²) in [4.78, 5) is 14.0. The molecule has 1 unspecified atom stereocenters. The molecule has 1 amide bonds. The lowest BCUT2D eigenvalue weighted by Crippen LogP contribution is -2.33. The van der Waals surface area contributed by atoms with Crippen LogP contribution in [0.2, 0.25) is 0 Å². The molecule has 0 saturated carbocycles. The maximum absolute atomic E-state index is 12.0. The SMILES string of the molecule is CC(Oc1ccc(Br)cc1)C(=O)N/N=C/c1ccc(N(C)C)cc1. The lowest BCUT2D eigenvalue weighted by molar-refractivity contribution is -0.127. The van der Waals surface area contributed by atoms with E-state index >= 15 is 0 Å². The Kier molecular flexibility index (Phi) is 6.37. The van der Waals surface area contributed by atoms with Crippen molar-refractivity contribution in [2.45, 2.75) is 13.0 Å². The number of hydrazone groups is 1. The number of nitrogens with one attached hydrogen (secondary N) is 1. The third kappa shape index (κ3) is 5.38. The molecule has 1 N–H and O–H groups in total. The van der Waals surface area contributed by atoms with Gasteiger partial charge in [0.15, 0.2) is 6.10 Å². The van der Waals surface area contributed by atoms with E-state index in [1.807, 2.05) is 55.4 Å². The maximum Gasteiger partial charge on any atom is 0.280 e. The van der Waals surface area contributed by atoms with E-state index in [0.29, 0.717) is 5.75 Å². The van der Waals surface area contributed by atoms with Crippen molar-refractivity contribution >= 4 is 33.7 Å². The number of carbonyl (C=O) groups excluding carboxylic acids is 1. The van der Waals surface area contributed by atoms with Gasteiger partial charge in [0.25, 0.3) is 5.91 Å². The molecule has 0 aromatic heterocycles. The fraction of sp³-hybridized carbons (Fsp3) is 0.222. The number of carbonyl (C=O) groups is 1. The fourth-order valence-electron chi connectivity index (χ4n) is 1.89. The maximum atomic E-state index is 12.0. The number of rotatable bonds is 6. The molecule has 0 aliphatic rings. The quantitative estimate of drug-likeness (QED) is 0.608. The molecule has 2 aromatic rings. The minimum absolute atomic E-state index is 0.306.